The van der Waals surface area contributed by atoms with Gasteiger partial charge < -0.3 is 15.3 Å². The van der Waals surface area contributed by atoms with Gasteiger partial charge in [0.25, 0.3) is 0 Å². The largest absolute Gasteiger partial charge is 0.481 e. The van der Waals surface area contributed by atoms with Crippen LogP contribution in [0.15, 0.2) is 54.6 Å². The zero-order valence-electron chi connectivity index (χ0n) is 19.0. The highest BCUT2D eigenvalue weighted by atomic mass is 16.4. The van der Waals surface area contributed by atoms with Crippen molar-refractivity contribution < 1.29 is 29.7 Å². The van der Waals surface area contributed by atoms with Gasteiger partial charge in [-0.15, -0.1) is 0 Å². The second-order valence-electron chi connectivity index (χ2n) is 8.52. The number of carboxylic acids is 3. The van der Waals surface area contributed by atoms with Crippen LogP contribution in [-0.4, -0.2) is 93.7 Å². The van der Waals surface area contributed by atoms with Gasteiger partial charge in [0, 0.05) is 45.8 Å². The molecule has 1 atom stereocenters. The Morgan fingerprint density at radius 3 is 1.85 bits per heavy atom. The Morgan fingerprint density at radius 1 is 0.706 bits per heavy atom. The quantitative estimate of drug-likeness (QED) is 0.503. The molecule has 9 nitrogen and oxygen atoms in total. The molecule has 1 aliphatic heterocycles. The molecule has 2 aromatic rings. The van der Waals surface area contributed by atoms with Crippen LogP contribution in [0.1, 0.15) is 22.7 Å². The molecule has 2 aromatic carbocycles. The number of carboxylic acid groups (broad SMARTS) is 3. The van der Waals surface area contributed by atoms with Gasteiger partial charge in [0.2, 0.25) is 0 Å². The Kier molecular flexibility index (Phi) is 9.15. The van der Waals surface area contributed by atoms with E-state index in [0.29, 0.717) is 51.4 Å². The summed E-state index contributed by atoms with van der Waals surface area (Å²) in [7, 11) is 0. The van der Waals surface area contributed by atoms with Gasteiger partial charge in [0.05, 0.1) is 13.0 Å². The van der Waals surface area contributed by atoms with Crippen molar-refractivity contribution in [1.29, 1.82) is 0 Å². The summed E-state index contributed by atoms with van der Waals surface area (Å²) in [4.78, 5) is 40.4. The zero-order chi connectivity index (χ0) is 24.5. The lowest BCUT2D eigenvalue weighted by molar-refractivity contribution is -0.144. The van der Waals surface area contributed by atoms with Gasteiger partial charge in [-0.3, -0.25) is 29.1 Å². The average Bonchev–Trinajstić information content (AvgIpc) is 2.87. The van der Waals surface area contributed by atoms with Crippen molar-refractivity contribution in [1.82, 2.24) is 14.7 Å². The van der Waals surface area contributed by atoms with Crippen LogP contribution in [0.5, 0.6) is 0 Å². The fraction of sp³-hybridized carbons (Fsp3) is 0.400. The highest BCUT2D eigenvalue weighted by molar-refractivity contribution is 5.75. The van der Waals surface area contributed by atoms with Crippen LogP contribution in [0.4, 0.5) is 0 Å². The van der Waals surface area contributed by atoms with E-state index in [1.54, 1.807) is 24.3 Å². The monoisotopic (exact) mass is 469 g/mol. The first-order valence-electron chi connectivity index (χ1n) is 11.3. The number of benzene rings is 2. The van der Waals surface area contributed by atoms with Crippen molar-refractivity contribution in [2.75, 3.05) is 45.8 Å². The van der Waals surface area contributed by atoms with Crippen LogP contribution in [0.2, 0.25) is 0 Å². The Balaban J connectivity index is 1.78. The lowest BCUT2D eigenvalue weighted by Crippen LogP contribution is -2.42. The number of hydrogen-bond acceptors (Lipinski definition) is 6. The van der Waals surface area contributed by atoms with Gasteiger partial charge in [-0.05, 0) is 16.7 Å². The van der Waals surface area contributed by atoms with Gasteiger partial charge in [0.1, 0.15) is 6.04 Å². The molecule has 1 aliphatic rings. The number of rotatable bonds is 9. The molecule has 34 heavy (non-hydrogen) atoms. The third-order valence-corrected chi connectivity index (χ3v) is 6.00. The number of nitrogens with zero attached hydrogens (tertiary/aromatic N) is 3. The van der Waals surface area contributed by atoms with Crippen molar-refractivity contribution in [2.24, 2.45) is 0 Å². The molecule has 3 N–H and O–H groups in total. The van der Waals surface area contributed by atoms with E-state index in [0.717, 1.165) is 11.1 Å². The molecule has 0 spiro atoms. The molecular weight excluding hydrogens is 438 g/mol. The lowest BCUT2D eigenvalue weighted by atomic mass is 10.1. The Hall–Kier alpha value is -3.27. The molecule has 1 heterocycles. The van der Waals surface area contributed by atoms with Crippen LogP contribution < -0.4 is 0 Å². The second kappa shape index (κ2) is 12.3. The number of hydrogen-bond donors (Lipinski definition) is 3. The third-order valence-electron chi connectivity index (χ3n) is 6.00. The Bertz CT molecular complexity index is 966. The molecule has 3 rings (SSSR count). The van der Waals surface area contributed by atoms with Gasteiger partial charge in [-0.1, -0.05) is 54.6 Å². The van der Waals surface area contributed by atoms with E-state index in [1.165, 1.54) is 0 Å². The predicted octanol–water partition coefficient (Wildman–Crippen LogP) is 1.64. The van der Waals surface area contributed by atoms with Crippen molar-refractivity contribution >= 4 is 17.9 Å². The summed E-state index contributed by atoms with van der Waals surface area (Å²) in [5.74, 6) is -2.72. The summed E-state index contributed by atoms with van der Waals surface area (Å²) < 4.78 is 0. The molecule has 1 fully saturated rings. The van der Waals surface area contributed by atoms with Crippen molar-refractivity contribution in [3.05, 3.63) is 71.3 Å². The summed E-state index contributed by atoms with van der Waals surface area (Å²) in [5.41, 5.74) is 2.44. The minimum absolute atomic E-state index is 0.0286. The molecule has 0 amide bonds. The minimum Gasteiger partial charge on any atom is -0.481 e. The second-order valence-corrected chi connectivity index (χ2v) is 8.52. The molecule has 1 saturated heterocycles. The molecule has 1 unspecified atom stereocenters. The first-order valence-corrected chi connectivity index (χ1v) is 11.3. The first-order chi connectivity index (χ1) is 16.3. The maximum absolute atomic E-state index is 12.2. The number of carbonyl (C=O) groups is 3. The first kappa shape index (κ1) is 25.4. The molecule has 182 valence electrons. The maximum Gasteiger partial charge on any atom is 0.325 e. The summed E-state index contributed by atoms with van der Waals surface area (Å²) >= 11 is 0. The van der Waals surface area contributed by atoms with E-state index >= 15 is 0 Å². The summed E-state index contributed by atoms with van der Waals surface area (Å²) in [6.07, 6.45) is -0.0286. The van der Waals surface area contributed by atoms with Gasteiger partial charge in [-0.25, -0.2) is 0 Å². The minimum atomic E-state index is -0.934. The fourth-order valence-corrected chi connectivity index (χ4v) is 4.26. The highest BCUT2D eigenvalue weighted by Gasteiger charge is 2.29. The molecule has 9 heteroatoms. The van der Waals surface area contributed by atoms with Crippen molar-refractivity contribution in [3.8, 4) is 0 Å². The SMILES string of the molecule is O=C(O)Cc1ccc(CN2CCN(CC(=O)O)CCN(C(C(=O)O)c3ccccc3)CC2)cc1. The zero-order valence-corrected chi connectivity index (χ0v) is 19.0. The van der Waals surface area contributed by atoms with Crippen LogP contribution in [0, 0.1) is 0 Å². The van der Waals surface area contributed by atoms with E-state index in [-0.39, 0.29) is 13.0 Å². The maximum atomic E-state index is 12.2. The van der Waals surface area contributed by atoms with E-state index in [1.807, 2.05) is 40.1 Å². The summed E-state index contributed by atoms with van der Waals surface area (Å²) in [6.45, 7) is 3.73. The standard InChI is InChI=1S/C25H31N3O6/c29-22(30)16-19-6-8-20(9-7-19)17-26-10-11-27(18-23(31)32)13-15-28(14-12-26)24(25(33)34)21-4-2-1-3-5-21/h1-9,24H,10-18H2,(H,29,30)(H,31,32)(H,33,34). The van der Waals surface area contributed by atoms with Gasteiger partial charge in [-0.2, -0.15) is 0 Å². The third kappa shape index (κ3) is 7.65. The predicted molar refractivity (Wildman–Crippen MR) is 126 cm³/mol. The normalized spacial score (nSPS) is 17.3. The van der Waals surface area contributed by atoms with Gasteiger partial charge >= 0.3 is 17.9 Å². The molecule has 0 saturated carbocycles. The average molecular weight is 470 g/mol. The molecule has 0 bridgehead atoms. The van der Waals surface area contributed by atoms with Crippen LogP contribution >= 0.6 is 0 Å². The number of aliphatic carboxylic acids is 3. The van der Waals surface area contributed by atoms with E-state index in [9.17, 15) is 24.6 Å². The smallest absolute Gasteiger partial charge is 0.325 e. The summed E-state index contributed by atoms with van der Waals surface area (Å²) in [5, 5.41) is 28.3. The summed E-state index contributed by atoms with van der Waals surface area (Å²) in [6, 6.07) is 15.7. The van der Waals surface area contributed by atoms with Crippen molar-refractivity contribution in [2.45, 2.75) is 19.0 Å². The molecule has 0 radical (unpaired) electrons. The highest BCUT2D eigenvalue weighted by Crippen LogP contribution is 2.22. The Morgan fingerprint density at radius 2 is 1.26 bits per heavy atom. The fourth-order valence-electron chi connectivity index (χ4n) is 4.26. The topological polar surface area (TPSA) is 122 Å². The van der Waals surface area contributed by atoms with E-state index in [4.69, 9.17) is 5.11 Å². The van der Waals surface area contributed by atoms with Gasteiger partial charge in [0.15, 0.2) is 0 Å². The van der Waals surface area contributed by atoms with E-state index in [2.05, 4.69) is 4.90 Å². The molecule has 0 aliphatic carbocycles. The molecule has 0 aromatic heterocycles. The van der Waals surface area contributed by atoms with Crippen LogP contribution in [0.3, 0.4) is 0 Å². The lowest BCUT2D eigenvalue weighted by Gasteiger charge is -2.31. The van der Waals surface area contributed by atoms with Crippen molar-refractivity contribution in [3.63, 3.8) is 0 Å². The van der Waals surface area contributed by atoms with Crippen LogP contribution in [-0.2, 0) is 27.3 Å². The van der Waals surface area contributed by atoms with E-state index < -0.39 is 23.9 Å². The molecular formula is C25H31N3O6. The Labute approximate surface area is 198 Å². The van der Waals surface area contributed by atoms with Crippen LogP contribution in [0.25, 0.3) is 0 Å².